The number of hydrogen-bond donors (Lipinski definition) is 2. The van der Waals surface area contributed by atoms with Crippen LogP contribution in [0.4, 0.5) is 5.69 Å². The quantitative estimate of drug-likeness (QED) is 0.613. The number of nitrogens with one attached hydrogen (secondary N) is 2. The first-order valence-corrected chi connectivity index (χ1v) is 9.06. The maximum absolute atomic E-state index is 12.5. The molecule has 3 rings (SSSR count). The molecule has 0 fully saturated rings. The van der Waals surface area contributed by atoms with Crippen LogP contribution < -0.4 is 15.4 Å². The molecule has 2 N–H and O–H groups in total. The lowest BCUT2D eigenvalue weighted by molar-refractivity contribution is 0.0948. The molecule has 0 aromatic heterocycles. The molecule has 5 heteroatoms. The van der Waals surface area contributed by atoms with E-state index in [1.165, 1.54) is 0 Å². The minimum Gasteiger partial charge on any atom is -0.492 e. The molecule has 28 heavy (non-hydrogen) atoms. The van der Waals surface area contributed by atoms with Crippen LogP contribution in [0, 0.1) is 6.92 Å². The molecule has 0 saturated heterocycles. The molecule has 3 aromatic carbocycles. The Morgan fingerprint density at radius 3 is 2.39 bits per heavy atom. The Morgan fingerprint density at radius 1 is 0.857 bits per heavy atom. The van der Waals surface area contributed by atoms with Crippen molar-refractivity contribution in [2.24, 2.45) is 0 Å². The van der Waals surface area contributed by atoms with Crippen molar-refractivity contribution < 1.29 is 14.3 Å². The third kappa shape index (κ3) is 5.20. The van der Waals surface area contributed by atoms with E-state index in [4.69, 9.17) is 4.74 Å². The standard InChI is InChI=1S/C23H22N2O3/c1-17-8-7-9-18(16-17)22(26)25-21-13-6-5-12-20(21)23(27)24-14-15-28-19-10-3-2-4-11-19/h2-13,16H,14-15H2,1H3,(H,24,27)(H,25,26). The van der Waals surface area contributed by atoms with E-state index < -0.39 is 0 Å². The monoisotopic (exact) mass is 374 g/mol. The highest BCUT2D eigenvalue weighted by Gasteiger charge is 2.14. The average molecular weight is 374 g/mol. The molecule has 0 radical (unpaired) electrons. The minimum absolute atomic E-state index is 0.253. The number of ether oxygens (including phenoxy) is 1. The van der Waals surface area contributed by atoms with E-state index in [2.05, 4.69) is 10.6 Å². The summed E-state index contributed by atoms with van der Waals surface area (Å²) in [4.78, 5) is 25.0. The van der Waals surface area contributed by atoms with E-state index >= 15 is 0 Å². The summed E-state index contributed by atoms with van der Waals surface area (Å²) >= 11 is 0. The van der Waals surface area contributed by atoms with Crippen LogP contribution in [-0.2, 0) is 0 Å². The lowest BCUT2D eigenvalue weighted by Crippen LogP contribution is -2.29. The van der Waals surface area contributed by atoms with Gasteiger partial charge in [-0.1, -0.05) is 48.0 Å². The van der Waals surface area contributed by atoms with Crippen molar-refractivity contribution in [3.05, 3.63) is 95.6 Å². The van der Waals surface area contributed by atoms with Crippen molar-refractivity contribution in [2.45, 2.75) is 6.92 Å². The molecule has 2 amide bonds. The molecule has 0 aliphatic rings. The second-order valence-electron chi connectivity index (χ2n) is 6.29. The van der Waals surface area contributed by atoms with Crippen LogP contribution in [0.1, 0.15) is 26.3 Å². The number of aryl methyl sites for hydroxylation is 1. The number of hydrogen-bond acceptors (Lipinski definition) is 3. The van der Waals surface area contributed by atoms with Crippen LogP contribution in [0.15, 0.2) is 78.9 Å². The Labute approximate surface area is 164 Å². The Kier molecular flexibility index (Phi) is 6.41. The van der Waals surface area contributed by atoms with Crippen molar-refractivity contribution in [3.63, 3.8) is 0 Å². The Bertz CT molecular complexity index is 955. The minimum atomic E-state index is -0.267. The van der Waals surface area contributed by atoms with Crippen LogP contribution in [0.5, 0.6) is 5.75 Å². The van der Waals surface area contributed by atoms with Crippen LogP contribution in [0.25, 0.3) is 0 Å². The zero-order valence-electron chi connectivity index (χ0n) is 15.6. The molecule has 3 aromatic rings. The highest BCUT2D eigenvalue weighted by molar-refractivity contribution is 6.09. The number of amides is 2. The number of carbonyl (C=O) groups excluding carboxylic acids is 2. The Balaban J connectivity index is 1.59. The van der Waals surface area contributed by atoms with Gasteiger partial charge in [0.05, 0.1) is 17.8 Å². The van der Waals surface area contributed by atoms with E-state index in [1.54, 1.807) is 36.4 Å². The van der Waals surface area contributed by atoms with E-state index in [9.17, 15) is 9.59 Å². The number of benzene rings is 3. The van der Waals surface area contributed by atoms with Crippen molar-refractivity contribution in [3.8, 4) is 5.75 Å². The Hall–Kier alpha value is -3.60. The average Bonchev–Trinajstić information content (AvgIpc) is 2.72. The summed E-state index contributed by atoms with van der Waals surface area (Å²) < 4.78 is 5.57. The third-order valence-electron chi connectivity index (χ3n) is 4.10. The molecule has 5 nitrogen and oxygen atoms in total. The van der Waals surface area contributed by atoms with Crippen LogP contribution >= 0.6 is 0 Å². The molecular weight excluding hydrogens is 352 g/mol. The summed E-state index contributed by atoms with van der Waals surface area (Å²) in [7, 11) is 0. The maximum atomic E-state index is 12.5. The van der Waals surface area contributed by atoms with Gasteiger partial charge in [0.15, 0.2) is 0 Å². The van der Waals surface area contributed by atoms with Crippen LogP contribution in [0.3, 0.4) is 0 Å². The number of para-hydroxylation sites is 2. The molecule has 0 spiro atoms. The first-order valence-electron chi connectivity index (χ1n) is 9.06. The lowest BCUT2D eigenvalue weighted by Gasteiger charge is -2.12. The van der Waals surface area contributed by atoms with E-state index in [-0.39, 0.29) is 11.8 Å². The fourth-order valence-corrected chi connectivity index (χ4v) is 2.72. The van der Waals surface area contributed by atoms with Crippen molar-refractivity contribution in [2.75, 3.05) is 18.5 Å². The normalized spacial score (nSPS) is 10.2. The van der Waals surface area contributed by atoms with Gasteiger partial charge in [0.25, 0.3) is 11.8 Å². The summed E-state index contributed by atoms with van der Waals surface area (Å²) in [6.45, 7) is 2.64. The van der Waals surface area contributed by atoms with Crippen molar-refractivity contribution >= 4 is 17.5 Å². The molecule has 0 unspecified atom stereocenters. The molecule has 0 aliphatic heterocycles. The van der Waals surface area contributed by atoms with Gasteiger partial charge in [-0.15, -0.1) is 0 Å². The highest BCUT2D eigenvalue weighted by Crippen LogP contribution is 2.17. The van der Waals surface area contributed by atoms with Crippen LogP contribution in [0.2, 0.25) is 0 Å². The SMILES string of the molecule is Cc1cccc(C(=O)Nc2ccccc2C(=O)NCCOc2ccccc2)c1. The summed E-state index contributed by atoms with van der Waals surface area (Å²) in [5, 5.41) is 5.64. The van der Waals surface area contributed by atoms with Gasteiger partial charge in [-0.3, -0.25) is 9.59 Å². The van der Waals surface area contributed by atoms with E-state index in [0.717, 1.165) is 11.3 Å². The fraction of sp³-hybridized carbons (Fsp3) is 0.130. The second kappa shape index (κ2) is 9.37. The molecule has 0 atom stereocenters. The molecular formula is C23H22N2O3. The topological polar surface area (TPSA) is 67.4 Å². The van der Waals surface area contributed by atoms with Gasteiger partial charge in [0.2, 0.25) is 0 Å². The van der Waals surface area contributed by atoms with Gasteiger partial charge in [-0.25, -0.2) is 0 Å². The first-order chi connectivity index (χ1) is 13.6. The Morgan fingerprint density at radius 2 is 1.61 bits per heavy atom. The predicted molar refractivity (Wildman–Crippen MR) is 110 cm³/mol. The van der Waals surface area contributed by atoms with Gasteiger partial charge in [-0.2, -0.15) is 0 Å². The van der Waals surface area contributed by atoms with Gasteiger partial charge in [0, 0.05) is 5.56 Å². The number of rotatable bonds is 7. The summed E-state index contributed by atoms with van der Waals surface area (Å²) in [6.07, 6.45) is 0. The largest absolute Gasteiger partial charge is 0.492 e. The molecule has 0 bridgehead atoms. The molecule has 0 aliphatic carbocycles. The number of carbonyl (C=O) groups is 2. The third-order valence-corrected chi connectivity index (χ3v) is 4.10. The molecule has 0 saturated carbocycles. The fourth-order valence-electron chi connectivity index (χ4n) is 2.72. The van der Waals surface area contributed by atoms with Gasteiger partial charge in [0.1, 0.15) is 12.4 Å². The molecule has 0 heterocycles. The second-order valence-corrected chi connectivity index (χ2v) is 6.29. The van der Waals surface area contributed by atoms with E-state index in [1.807, 2.05) is 49.4 Å². The first kappa shape index (κ1) is 19.2. The van der Waals surface area contributed by atoms with Gasteiger partial charge >= 0.3 is 0 Å². The van der Waals surface area contributed by atoms with E-state index in [0.29, 0.717) is 30.0 Å². The number of anilines is 1. The summed E-state index contributed by atoms with van der Waals surface area (Å²) in [5.41, 5.74) is 2.42. The zero-order chi connectivity index (χ0) is 19.8. The van der Waals surface area contributed by atoms with Gasteiger partial charge < -0.3 is 15.4 Å². The lowest BCUT2D eigenvalue weighted by atomic mass is 10.1. The predicted octanol–water partition coefficient (Wildman–Crippen LogP) is 4.06. The summed E-state index contributed by atoms with van der Waals surface area (Å²) in [6, 6.07) is 23.6. The van der Waals surface area contributed by atoms with Gasteiger partial charge in [-0.05, 0) is 43.3 Å². The van der Waals surface area contributed by atoms with Crippen molar-refractivity contribution in [1.29, 1.82) is 0 Å². The van der Waals surface area contributed by atoms with Crippen LogP contribution in [-0.4, -0.2) is 25.0 Å². The zero-order valence-corrected chi connectivity index (χ0v) is 15.6. The summed E-state index contributed by atoms with van der Waals surface area (Å²) in [5.74, 6) is 0.232. The smallest absolute Gasteiger partial charge is 0.255 e. The highest BCUT2D eigenvalue weighted by atomic mass is 16.5. The van der Waals surface area contributed by atoms with Crippen molar-refractivity contribution in [1.82, 2.24) is 5.32 Å². The molecule has 142 valence electrons. The maximum Gasteiger partial charge on any atom is 0.255 e.